The molecule has 2 aliphatic carbocycles. The van der Waals surface area contributed by atoms with Crippen LogP contribution in [0, 0.1) is 17.3 Å². The number of hydrogen-bond acceptors (Lipinski definition) is 1. The number of fused-ring (bicyclic) bond motifs is 1. The molecule has 1 N–H and O–H groups in total. The van der Waals surface area contributed by atoms with Gasteiger partial charge in [-0.2, -0.15) is 0 Å². The van der Waals surface area contributed by atoms with Gasteiger partial charge in [0.2, 0.25) is 0 Å². The average molecular weight is 153 g/mol. The van der Waals surface area contributed by atoms with Crippen LogP contribution in [-0.4, -0.2) is 13.1 Å². The molecule has 4 atom stereocenters. The Balaban J connectivity index is 2.08. The highest BCUT2D eigenvalue weighted by atomic mass is 14.9. The van der Waals surface area contributed by atoms with Crippen LogP contribution in [0.1, 0.15) is 33.1 Å². The van der Waals surface area contributed by atoms with Crippen molar-refractivity contribution in [2.24, 2.45) is 17.3 Å². The molecule has 0 amide bonds. The first kappa shape index (κ1) is 7.60. The van der Waals surface area contributed by atoms with E-state index in [4.69, 9.17) is 0 Å². The van der Waals surface area contributed by atoms with Crippen LogP contribution in [0.25, 0.3) is 0 Å². The lowest BCUT2D eigenvalue weighted by Gasteiger charge is -2.50. The molecule has 0 aromatic rings. The van der Waals surface area contributed by atoms with Crippen LogP contribution in [0.15, 0.2) is 0 Å². The van der Waals surface area contributed by atoms with Gasteiger partial charge in [0.25, 0.3) is 0 Å². The Morgan fingerprint density at radius 2 is 2.09 bits per heavy atom. The normalized spacial score (nSPS) is 55.4. The molecule has 0 saturated heterocycles. The maximum atomic E-state index is 3.43. The van der Waals surface area contributed by atoms with Gasteiger partial charge in [-0.15, -0.1) is 0 Å². The Bertz CT molecular complexity index is 160. The Kier molecular flexibility index (Phi) is 1.54. The van der Waals surface area contributed by atoms with E-state index in [1.165, 1.54) is 19.3 Å². The zero-order valence-corrected chi connectivity index (χ0v) is 7.85. The highest BCUT2D eigenvalue weighted by Gasteiger charge is 2.55. The van der Waals surface area contributed by atoms with Gasteiger partial charge in [0.1, 0.15) is 0 Å². The first-order valence-electron chi connectivity index (χ1n) is 4.84. The van der Waals surface area contributed by atoms with E-state index in [1.54, 1.807) is 0 Å². The third-order valence-electron chi connectivity index (χ3n) is 4.07. The quantitative estimate of drug-likeness (QED) is 0.608. The van der Waals surface area contributed by atoms with Gasteiger partial charge in [-0.3, -0.25) is 0 Å². The molecule has 1 heteroatoms. The van der Waals surface area contributed by atoms with Crippen molar-refractivity contribution in [1.29, 1.82) is 0 Å². The Hall–Kier alpha value is -0.0400. The van der Waals surface area contributed by atoms with Gasteiger partial charge in [0.05, 0.1) is 0 Å². The molecule has 64 valence electrons. The Morgan fingerprint density at radius 3 is 2.64 bits per heavy atom. The van der Waals surface area contributed by atoms with Crippen molar-refractivity contribution in [3.05, 3.63) is 0 Å². The van der Waals surface area contributed by atoms with Crippen LogP contribution in [0.2, 0.25) is 0 Å². The molecule has 0 aromatic carbocycles. The molecule has 0 bridgehead atoms. The first-order valence-corrected chi connectivity index (χ1v) is 4.84. The monoisotopic (exact) mass is 153 g/mol. The summed E-state index contributed by atoms with van der Waals surface area (Å²) >= 11 is 0. The third kappa shape index (κ3) is 0.868. The minimum absolute atomic E-state index is 0.661. The van der Waals surface area contributed by atoms with Crippen molar-refractivity contribution in [1.82, 2.24) is 5.32 Å². The zero-order chi connectivity index (χ0) is 8.06. The average Bonchev–Trinajstić information content (AvgIpc) is 2.14. The number of hydrogen-bond donors (Lipinski definition) is 1. The van der Waals surface area contributed by atoms with E-state index in [1.807, 2.05) is 0 Å². The summed E-state index contributed by atoms with van der Waals surface area (Å²) < 4.78 is 0. The number of nitrogens with one attached hydrogen (secondary N) is 1. The van der Waals surface area contributed by atoms with E-state index in [9.17, 15) is 0 Å². The van der Waals surface area contributed by atoms with E-state index in [0.29, 0.717) is 5.41 Å². The summed E-state index contributed by atoms with van der Waals surface area (Å²) in [6.07, 6.45) is 4.36. The fourth-order valence-corrected chi connectivity index (χ4v) is 3.39. The molecule has 0 radical (unpaired) electrons. The van der Waals surface area contributed by atoms with Gasteiger partial charge in [0.15, 0.2) is 0 Å². The lowest BCUT2D eigenvalue weighted by molar-refractivity contribution is 0.0310. The molecule has 4 unspecified atom stereocenters. The molecular weight excluding hydrogens is 134 g/mol. The highest BCUT2D eigenvalue weighted by molar-refractivity contribution is 5.08. The predicted molar refractivity (Wildman–Crippen MR) is 47.5 cm³/mol. The molecule has 2 saturated carbocycles. The zero-order valence-electron chi connectivity index (χ0n) is 7.85. The van der Waals surface area contributed by atoms with Gasteiger partial charge in [-0.05, 0) is 43.6 Å². The Labute approximate surface area is 69.6 Å². The van der Waals surface area contributed by atoms with E-state index < -0.39 is 0 Å². The van der Waals surface area contributed by atoms with Gasteiger partial charge in [-0.1, -0.05) is 13.8 Å². The van der Waals surface area contributed by atoms with Gasteiger partial charge in [0, 0.05) is 6.04 Å². The van der Waals surface area contributed by atoms with E-state index >= 15 is 0 Å². The lowest BCUT2D eigenvalue weighted by Crippen LogP contribution is -2.54. The second-order valence-electron chi connectivity index (χ2n) is 4.82. The molecular formula is C10H19N. The van der Waals surface area contributed by atoms with E-state index in [2.05, 4.69) is 26.2 Å². The summed E-state index contributed by atoms with van der Waals surface area (Å²) in [7, 11) is 2.11. The van der Waals surface area contributed by atoms with Crippen molar-refractivity contribution >= 4 is 0 Å². The summed E-state index contributed by atoms with van der Waals surface area (Å²) in [4.78, 5) is 0. The van der Waals surface area contributed by atoms with Crippen LogP contribution in [-0.2, 0) is 0 Å². The molecule has 2 rings (SSSR count). The fraction of sp³-hybridized carbons (Fsp3) is 1.00. The summed E-state index contributed by atoms with van der Waals surface area (Å²) in [5, 5.41) is 3.43. The molecule has 1 nitrogen and oxygen atoms in total. The van der Waals surface area contributed by atoms with Crippen LogP contribution in [0.5, 0.6) is 0 Å². The summed E-state index contributed by atoms with van der Waals surface area (Å²) in [6, 6.07) is 0.817. The first-order chi connectivity index (χ1) is 5.16. The summed E-state index contributed by atoms with van der Waals surface area (Å²) in [6.45, 7) is 4.86. The topological polar surface area (TPSA) is 12.0 Å². The van der Waals surface area contributed by atoms with Crippen molar-refractivity contribution in [2.45, 2.75) is 39.2 Å². The van der Waals surface area contributed by atoms with Crippen LogP contribution >= 0.6 is 0 Å². The van der Waals surface area contributed by atoms with Crippen LogP contribution in [0.4, 0.5) is 0 Å². The van der Waals surface area contributed by atoms with E-state index in [-0.39, 0.29) is 0 Å². The molecule has 0 spiro atoms. The van der Waals surface area contributed by atoms with Crippen molar-refractivity contribution in [2.75, 3.05) is 7.05 Å². The summed E-state index contributed by atoms with van der Waals surface area (Å²) in [5.74, 6) is 2.01. The lowest BCUT2D eigenvalue weighted by atomic mass is 9.59. The maximum absolute atomic E-state index is 3.43. The predicted octanol–water partition coefficient (Wildman–Crippen LogP) is 2.03. The second kappa shape index (κ2) is 2.22. The SMILES string of the molecule is CNC1CC2CC(C)CC21C. The summed E-state index contributed by atoms with van der Waals surface area (Å²) in [5.41, 5.74) is 0.661. The van der Waals surface area contributed by atoms with Crippen LogP contribution < -0.4 is 5.32 Å². The minimum atomic E-state index is 0.661. The van der Waals surface area contributed by atoms with Gasteiger partial charge >= 0.3 is 0 Å². The second-order valence-corrected chi connectivity index (χ2v) is 4.82. The maximum Gasteiger partial charge on any atom is 0.0123 e. The minimum Gasteiger partial charge on any atom is -0.316 e. The highest BCUT2D eigenvalue weighted by Crippen LogP contribution is 2.58. The van der Waals surface area contributed by atoms with Crippen molar-refractivity contribution < 1.29 is 0 Å². The smallest absolute Gasteiger partial charge is 0.0123 e. The molecule has 11 heavy (non-hydrogen) atoms. The van der Waals surface area contributed by atoms with Crippen LogP contribution in [0.3, 0.4) is 0 Å². The molecule has 0 aromatic heterocycles. The molecule has 0 aliphatic heterocycles. The third-order valence-corrected chi connectivity index (χ3v) is 4.07. The van der Waals surface area contributed by atoms with E-state index in [0.717, 1.165) is 17.9 Å². The number of rotatable bonds is 1. The molecule has 2 aliphatic rings. The van der Waals surface area contributed by atoms with Crippen molar-refractivity contribution in [3.8, 4) is 0 Å². The Morgan fingerprint density at radius 1 is 1.36 bits per heavy atom. The largest absolute Gasteiger partial charge is 0.316 e. The molecule has 0 heterocycles. The van der Waals surface area contributed by atoms with Gasteiger partial charge < -0.3 is 5.32 Å². The fourth-order valence-electron chi connectivity index (χ4n) is 3.39. The van der Waals surface area contributed by atoms with Crippen molar-refractivity contribution in [3.63, 3.8) is 0 Å². The molecule has 2 fully saturated rings. The standard InChI is InChI=1S/C10H19N/c1-7-4-8-5-9(11-3)10(8,2)6-7/h7-9,11H,4-6H2,1-3H3. The van der Waals surface area contributed by atoms with Gasteiger partial charge in [-0.25, -0.2) is 0 Å².